The van der Waals surface area contributed by atoms with Crippen molar-refractivity contribution in [1.82, 2.24) is 25.3 Å². The lowest BCUT2D eigenvalue weighted by Crippen LogP contribution is -2.24. The number of carbonyl (C=O) groups is 1. The zero-order chi connectivity index (χ0) is 25.7. The van der Waals surface area contributed by atoms with Crippen LogP contribution in [0.2, 0.25) is 0 Å². The third kappa shape index (κ3) is 6.75. The second-order valence-electron chi connectivity index (χ2n) is 8.22. The van der Waals surface area contributed by atoms with E-state index < -0.39 is 5.51 Å². The third-order valence-electron chi connectivity index (χ3n) is 5.01. The second kappa shape index (κ2) is 11.0. The highest BCUT2D eigenvalue weighted by molar-refractivity contribution is 8.00. The van der Waals surface area contributed by atoms with Gasteiger partial charge in [0, 0.05) is 41.4 Å². The number of amides is 1. The van der Waals surface area contributed by atoms with E-state index >= 15 is 0 Å². The molecule has 0 atom stereocenters. The number of carbonyl (C=O) groups excluding carboxylic acids is 1. The summed E-state index contributed by atoms with van der Waals surface area (Å²) in [4.78, 5) is 29.1. The molecule has 0 spiro atoms. The molecule has 0 fully saturated rings. The number of imidazole rings is 1. The van der Waals surface area contributed by atoms with Crippen LogP contribution in [0.15, 0.2) is 59.8 Å². The molecule has 2 aromatic carbocycles. The summed E-state index contributed by atoms with van der Waals surface area (Å²) in [6.07, 6.45) is 4.64. The number of benzene rings is 2. The van der Waals surface area contributed by atoms with Crippen molar-refractivity contribution in [3.63, 3.8) is 0 Å². The first-order valence-corrected chi connectivity index (χ1v) is 12.1. The van der Waals surface area contributed by atoms with Crippen molar-refractivity contribution in [1.29, 1.82) is 0 Å². The molecule has 188 valence electrons. The number of hydrogen-bond donors (Lipinski definition) is 2. The van der Waals surface area contributed by atoms with Crippen LogP contribution in [0.25, 0.3) is 22.3 Å². The largest absolute Gasteiger partial charge is 0.473 e. The fraction of sp³-hybridized carbons (Fsp3) is 0.280. The zero-order valence-electron chi connectivity index (χ0n) is 19.6. The van der Waals surface area contributed by atoms with Crippen LogP contribution < -0.4 is 10.1 Å². The SMILES string of the molecule is CC(C)Oc1nc2ccc(C(=O)NCCCc3ncc[nH]3)cc2nc1-c1cccc(SC(F)(F)F)c1. The van der Waals surface area contributed by atoms with E-state index in [9.17, 15) is 18.0 Å². The van der Waals surface area contributed by atoms with Crippen LogP contribution in [-0.4, -0.2) is 44.0 Å². The number of nitrogens with zero attached hydrogens (tertiary/aromatic N) is 3. The van der Waals surface area contributed by atoms with E-state index in [1.165, 1.54) is 18.2 Å². The minimum atomic E-state index is -4.41. The molecular formula is C25H24F3N5O2S. The van der Waals surface area contributed by atoms with Gasteiger partial charge in [-0.2, -0.15) is 13.2 Å². The Morgan fingerprint density at radius 2 is 1.97 bits per heavy atom. The molecule has 0 radical (unpaired) electrons. The number of aromatic amines is 1. The van der Waals surface area contributed by atoms with Gasteiger partial charge in [0.25, 0.3) is 5.91 Å². The lowest BCUT2D eigenvalue weighted by Gasteiger charge is -2.15. The molecule has 36 heavy (non-hydrogen) atoms. The third-order valence-corrected chi connectivity index (χ3v) is 5.73. The van der Waals surface area contributed by atoms with Crippen molar-refractivity contribution in [2.45, 2.75) is 43.2 Å². The first-order valence-electron chi connectivity index (χ1n) is 11.3. The number of alkyl halides is 3. The monoisotopic (exact) mass is 515 g/mol. The van der Waals surface area contributed by atoms with Gasteiger partial charge in [-0.15, -0.1) is 0 Å². The molecule has 7 nitrogen and oxygen atoms in total. The van der Waals surface area contributed by atoms with Crippen LogP contribution in [-0.2, 0) is 6.42 Å². The van der Waals surface area contributed by atoms with E-state index in [1.54, 1.807) is 36.7 Å². The number of fused-ring (bicyclic) bond motifs is 1. The molecule has 0 saturated carbocycles. The maximum absolute atomic E-state index is 12.9. The fourth-order valence-corrected chi connectivity index (χ4v) is 4.11. The highest BCUT2D eigenvalue weighted by Crippen LogP contribution is 2.39. The van der Waals surface area contributed by atoms with Gasteiger partial charge < -0.3 is 15.0 Å². The number of aryl methyl sites for hydroxylation is 1. The van der Waals surface area contributed by atoms with E-state index in [2.05, 4.69) is 25.3 Å². The Morgan fingerprint density at radius 1 is 1.14 bits per heavy atom. The number of rotatable bonds is 9. The van der Waals surface area contributed by atoms with Gasteiger partial charge in [0.2, 0.25) is 5.88 Å². The summed E-state index contributed by atoms with van der Waals surface area (Å²) >= 11 is -0.200. The molecule has 0 aliphatic rings. The quantitative estimate of drug-likeness (QED) is 0.217. The molecule has 0 aliphatic carbocycles. The average Bonchev–Trinajstić information content (AvgIpc) is 3.33. The molecular weight excluding hydrogens is 491 g/mol. The molecule has 11 heteroatoms. The number of halogens is 3. The van der Waals surface area contributed by atoms with Crippen LogP contribution in [0.1, 0.15) is 36.5 Å². The first-order chi connectivity index (χ1) is 17.2. The van der Waals surface area contributed by atoms with E-state index in [-0.39, 0.29) is 34.5 Å². The van der Waals surface area contributed by atoms with Gasteiger partial charge in [0.15, 0.2) is 0 Å². The molecule has 1 amide bonds. The van der Waals surface area contributed by atoms with E-state index in [1.807, 2.05) is 13.8 Å². The summed E-state index contributed by atoms with van der Waals surface area (Å²) in [5.41, 5.74) is -2.34. The van der Waals surface area contributed by atoms with Gasteiger partial charge in [0.05, 0.1) is 17.1 Å². The molecule has 4 aromatic rings. The minimum absolute atomic E-state index is 0.0278. The van der Waals surface area contributed by atoms with E-state index in [0.717, 1.165) is 12.2 Å². The molecule has 0 saturated heterocycles. The Kier molecular flexibility index (Phi) is 7.78. The average molecular weight is 516 g/mol. The second-order valence-corrected chi connectivity index (χ2v) is 9.36. The smallest absolute Gasteiger partial charge is 0.446 e. The number of ether oxygens (including phenoxy) is 1. The number of H-pyrrole nitrogens is 1. The highest BCUT2D eigenvalue weighted by Gasteiger charge is 2.29. The van der Waals surface area contributed by atoms with Crippen LogP contribution in [0.3, 0.4) is 0 Å². The Balaban J connectivity index is 1.60. The number of thioether (sulfide) groups is 1. The van der Waals surface area contributed by atoms with Crippen molar-refractivity contribution < 1.29 is 22.7 Å². The van der Waals surface area contributed by atoms with Gasteiger partial charge in [0.1, 0.15) is 11.5 Å². The van der Waals surface area contributed by atoms with Crippen molar-refractivity contribution in [3.05, 3.63) is 66.2 Å². The lowest BCUT2D eigenvalue weighted by molar-refractivity contribution is -0.0328. The van der Waals surface area contributed by atoms with Crippen molar-refractivity contribution in [2.75, 3.05) is 6.54 Å². The van der Waals surface area contributed by atoms with Crippen molar-refractivity contribution in [2.24, 2.45) is 0 Å². The molecule has 0 aliphatic heterocycles. The summed E-state index contributed by atoms with van der Waals surface area (Å²) in [7, 11) is 0. The standard InChI is InChI=1S/C25H24F3N5O2S/c1-15(2)35-24-22(16-5-3-6-18(13-16)36-25(26,27)28)32-20-14-17(8-9-19(20)33-24)23(34)31-10-4-7-21-29-11-12-30-21/h3,5-6,8-9,11-15H,4,7,10H2,1-2H3,(H,29,30)(H,31,34). The van der Waals surface area contributed by atoms with Crippen LogP contribution in [0.5, 0.6) is 5.88 Å². The summed E-state index contributed by atoms with van der Waals surface area (Å²) in [6.45, 7) is 4.12. The first kappa shape index (κ1) is 25.5. The number of aromatic nitrogens is 4. The van der Waals surface area contributed by atoms with Gasteiger partial charge in [-0.05, 0) is 62.4 Å². The normalized spacial score (nSPS) is 11.7. The lowest BCUT2D eigenvalue weighted by atomic mass is 10.1. The van der Waals surface area contributed by atoms with Crippen LogP contribution in [0, 0.1) is 0 Å². The molecule has 2 N–H and O–H groups in total. The van der Waals surface area contributed by atoms with Gasteiger partial charge in [-0.25, -0.2) is 15.0 Å². The fourth-order valence-electron chi connectivity index (χ4n) is 3.51. The highest BCUT2D eigenvalue weighted by atomic mass is 32.2. The van der Waals surface area contributed by atoms with Crippen LogP contribution in [0.4, 0.5) is 13.2 Å². The van der Waals surface area contributed by atoms with Gasteiger partial charge >= 0.3 is 5.51 Å². The number of hydrogen-bond acceptors (Lipinski definition) is 6. The predicted octanol–water partition coefficient (Wildman–Crippen LogP) is 5.78. The summed E-state index contributed by atoms with van der Waals surface area (Å²) in [5, 5.41) is 2.88. The molecule has 0 unspecified atom stereocenters. The summed E-state index contributed by atoms with van der Waals surface area (Å²) in [5.74, 6) is 0.808. The topological polar surface area (TPSA) is 92.8 Å². The Labute approximate surface area is 209 Å². The summed E-state index contributed by atoms with van der Waals surface area (Å²) in [6, 6.07) is 10.9. The predicted molar refractivity (Wildman–Crippen MR) is 132 cm³/mol. The van der Waals surface area contributed by atoms with Crippen molar-refractivity contribution in [3.8, 4) is 17.1 Å². The maximum Gasteiger partial charge on any atom is 0.446 e. The number of nitrogens with one attached hydrogen (secondary N) is 2. The molecule has 2 aromatic heterocycles. The molecule has 0 bridgehead atoms. The summed E-state index contributed by atoms with van der Waals surface area (Å²) < 4.78 is 44.5. The maximum atomic E-state index is 12.9. The Hall–Kier alpha value is -3.60. The van der Waals surface area contributed by atoms with Crippen LogP contribution >= 0.6 is 11.8 Å². The van der Waals surface area contributed by atoms with Gasteiger partial charge in [-0.3, -0.25) is 4.79 Å². The Morgan fingerprint density at radius 3 is 2.69 bits per heavy atom. The van der Waals surface area contributed by atoms with Crippen molar-refractivity contribution >= 4 is 28.7 Å². The van der Waals surface area contributed by atoms with Gasteiger partial charge in [-0.1, -0.05) is 12.1 Å². The van der Waals surface area contributed by atoms with E-state index in [4.69, 9.17) is 4.74 Å². The molecule has 2 heterocycles. The Bertz CT molecular complexity index is 1340. The van der Waals surface area contributed by atoms with E-state index in [0.29, 0.717) is 40.8 Å². The molecule has 4 rings (SSSR count). The minimum Gasteiger partial charge on any atom is -0.473 e. The zero-order valence-corrected chi connectivity index (χ0v) is 20.4.